The van der Waals surface area contributed by atoms with E-state index in [1.807, 2.05) is 0 Å². The zero-order valence-electron chi connectivity index (χ0n) is 11.6. The molecule has 0 aliphatic heterocycles. The highest BCUT2D eigenvalue weighted by Gasteiger charge is 2.44. The van der Waals surface area contributed by atoms with Gasteiger partial charge in [0.05, 0.1) is 6.10 Å². The second kappa shape index (κ2) is 5.43. The van der Waals surface area contributed by atoms with Crippen molar-refractivity contribution in [2.75, 3.05) is 0 Å². The van der Waals surface area contributed by atoms with Crippen LogP contribution in [-0.4, -0.2) is 22.3 Å². The van der Waals surface area contributed by atoms with E-state index < -0.39 is 5.97 Å². The van der Waals surface area contributed by atoms with Crippen LogP contribution in [0.25, 0.3) is 0 Å². The largest absolute Gasteiger partial charge is 0.481 e. The number of hydrogen-bond donors (Lipinski definition) is 2. The number of aliphatic hydroxyl groups is 1. The van der Waals surface area contributed by atoms with Gasteiger partial charge in [0.15, 0.2) is 0 Å². The van der Waals surface area contributed by atoms with Crippen molar-refractivity contribution in [2.24, 2.45) is 29.6 Å². The fourth-order valence-electron chi connectivity index (χ4n) is 5.30. The number of carboxylic acid groups (broad SMARTS) is 1. The van der Waals surface area contributed by atoms with Gasteiger partial charge >= 0.3 is 5.97 Å². The third-order valence-corrected chi connectivity index (χ3v) is 6.08. The first-order valence-corrected chi connectivity index (χ1v) is 8.03. The van der Waals surface area contributed by atoms with E-state index in [2.05, 4.69) is 0 Å². The Kier molecular flexibility index (Phi) is 3.84. The van der Waals surface area contributed by atoms with Gasteiger partial charge in [-0.15, -0.1) is 0 Å². The molecule has 0 aromatic rings. The van der Waals surface area contributed by atoms with Crippen molar-refractivity contribution >= 4 is 5.97 Å². The molecule has 0 spiro atoms. The number of rotatable bonds is 2. The number of fused-ring (bicyclic) bond motifs is 3. The van der Waals surface area contributed by atoms with Crippen molar-refractivity contribution in [1.82, 2.24) is 0 Å². The first-order chi connectivity index (χ1) is 9.13. The van der Waals surface area contributed by atoms with E-state index >= 15 is 0 Å². The second-order valence-corrected chi connectivity index (χ2v) is 7.17. The molecule has 3 heteroatoms. The molecule has 3 fully saturated rings. The summed E-state index contributed by atoms with van der Waals surface area (Å²) < 4.78 is 0. The molecule has 0 amide bonds. The molecule has 3 aliphatic rings. The molecule has 108 valence electrons. The third kappa shape index (κ3) is 2.81. The molecule has 0 aromatic heterocycles. The summed E-state index contributed by atoms with van der Waals surface area (Å²) in [6, 6.07) is 0. The van der Waals surface area contributed by atoms with Crippen molar-refractivity contribution in [2.45, 2.75) is 63.9 Å². The average molecular weight is 266 g/mol. The van der Waals surface area contributed by atoms with Crippen LogP contribution >= 0.6 is 0 Å². The maximum absolute atomic E-state index is 10.9. The Balaban J connectivity index is 1.62. The van der Waals surface area contributed by atoms with E-state index in [1.165, 1.54) is 25.7 Å². The summed E-state index contributed by atoms with van der Waals surface area (Å²) in [5.74, 6) is 2.97. The molecule has 3 aliphatic carbocycles. The molecule has 2 N–H and O–H groups in total. The SMILES string of the molecule is O=C(O)C[C@@H]1CC[C@@H]2[C@H](CC[C@@H]3C[C@@H](O)CC[C@H]32)C1. The van der Waals surface area contributed by atoms with Gasteiger partial charge in [-0.3, -0.25) is 4.79 Å². The first-order valence-electron chi connectivity index (χ1n) is 8.03. The Labute approximate surface area is 115 Å². The molecule has 3 nitrogen and oxygen atoms in total. The minimum atomic E-state index is -0.627. The van der Waals surface area contributed by atoms with Gasteiger partial charge in [-0.25, -0.2) is 0 Å². The number of aliphatic hydroxyl groups excluding tert-OH is 1. The molecule has 19 heavy (non-hydrogen) atoms. The van der Waals surface area contributed by atoms with Crippen LogP contribution in [-0.2, 0) is 4.79 Å². The van der Waals surface area contributed by atoms with Crippen molar-refractivity contribution in [1.29, 1.82) is 0 Å². The molecule has 6 atom stereocenters. The zero-order chi connectivity index (χ0) is 13.4. The Bertz CT molecular complexity index is 341. The standard InChI is InChI=1S/C16H26O3/c17-13-4-6-15-12(9-13)3-2-11-7-10(8-16(18)19)1-5-14(11)15/h10-15,17H,1-9H2,(H,18,19)/t10-,11-,12-,13+,14-,15-/m1/s1. The van der Waals surface area contributed by atoms with Crippen LogP contribution < -0.4 is 0 Å². The van der Waals surface area contributed by atoms with Crippen LogP contribution in [0.15, 0.2) is 0 Å². The van der Waals surface area contributed by atoms with Gasteiger partial charge in [-0.2, -0.15) is 0 Å². The Morgan fingerprint density at radius 3 is 2.21 bits per heavy atom. The molecular weight excluding hydrogens is 240 g/mol. The average Bonchev–Trinajstić information content (AvgIpc) is 2.37. The Hall–Kier alpha value is -0.570. The van der Waals surface area contributed by atoms with Crippen LogP contribution in [0, 0.1) is 29.6 Å². The van der Waals surface area contributed by atoms with E-state index in [9.17, 15) is 9.90 Å². The van der Waals surface area contributed by atoms with Crippen LogP contribution in [0.2, 0.25) is 0 Å². The van der Waals surface area contributed by atoms with Crippen molar-refractivity contribution < 1.29 is 15.0 Å². The summed E-state index contributed by atoms with van der Waals surface area (Å²) in [4.78, 5) is 10.9. The van der Waals surface area contributed by atoms with E-state index in [-0.39, 0.29) is 6.10 Å². The lowest BCUT2D eigenvalue weighted by molar-refractivity contribution is -0.139. The zero-order valence-corrected chi connectivity index (χ0v) is 11.6. The minimum Gasteiger partial charge on any atom is -0.481 e. The normalized spacial score (nSPS) is 46.2. The van der Waals surface area contributed by atoms with Gasteiger partial charge < -0.3 is 10.2 Å². The molecule has 3 saturated carbocycles. The summed E-state index contributed by atoms with van der Waals surface area (Å²) in [5.41, 5.74) is 0. The molecule has 0 radical (unpaired) electrons. The quantitative estimate of drug-likeness (QED) is 0.807. The molecule has 0 unspecified atom stereocenters. The number of carbonyl (C=O) groups is 1. The summed E-state index contributed by atoms with van der Waals surface area (Å²) in [7, 11) is 0. The van der Waals surface area contributed by atoms with E-state index in [0.29, 0.717) is 12.3 Å². The fraction of sp³-hybridized carbons (Fsp3) is 0.938. The lowest BCUT2D eigenvalue weighted by atomic mass is 9.56. The Morgan fingerprint density at radius 2 is 1.53 bits per heavy atom. The van der Waals surface area contributed by atoms with Gasteiger partial charge in [0.2, 0.25) is 0 Å². The predicted octanol–water partition coefficient (Wildman–Crippen LogP) is 3.06. The van der Waals surface area contributed by atoms with Crippen LogP contribution in [0.1, 0.15) is 57.8 Å². The maximum Gasteiger partial charge on any atom is 0.303 e. The molecule has 0 heterocycles. The first kappa shape index (κ1) is 13.4. The van der Waals surface area contributed by atoms with Crippen molar-refractivity contribution in [3.8, 4) is 0 Å². The summed E-state index contributed by atoms with van der Waals surface area (Å²) in [5, 5.41) is 18.8. The Morgan fingerprint density at radius 1 is 0.895 bits per heavy atom. The van der Waals surface area contributed by atoms with Crippen molar-refractivity contribution in [3.05, 3.63) is 0 Å². The second-order valence-electron chi connectivity index (χ2n) is 7.17. The van der Waals surface area contributed by atoms with Gasteiger partial charge in [-0.1, -0.05) is 0 Å². The molecule has 0 saturated heterocycles. The molecular formula is C16H26O3. The smallest absolute Gasteiger partial charge is 0.303 e. The van der Waals surface area contributed by atoms with Gasteiger partial charge in [0.25, 0.3) is 0 Å². The van der Waals surface area contributed by atoms with E-state index in [0.717, 1.165) is 49.4 Å². The minimum absolute atomic E-state index is 0.0545. The summed E-state index contributed by atoms with van der Waals surface area (Å²) in [6.45, 7) is 0. The van der Waals surface area contributed by atoms with Crippen LogP contribution in [0.4, 0.5) is 0 Å². The highest BCUT2D eigenvalue weighted by atomic mass is 16.4. The maximum atomic E-state index is 10.9. The van der Waals surface area contributed by atoms with Gasteiger partial charge in [0, 0.05) is 6.42 Å². The van der Waals surface area contributed by atoms with E-state index in [4.69, 9.17) is 5.11 Å². The van der Waals surface area contributed by atoms with Crippen LogP contribution in [0.5, 0.6) is 0 Å². The van der Waals surface area contributed by atoms with E-state index in [1.54, 1.807) is 0 Å². The summed E-state index contributed by atoms with van der Waals surface area (Å²) >= 11 is 0. The topological polar surface area (TPSA) is 57.5 Å². The summed E-state index contributed by atoms with van der Waals surface area (Å²) in [6.07, 6.45) is 9.56. The fourth-order valence-corrected chi connectivity index (χ4v) is 5.30. The third-order valence-electron chi connectivity index (χ3n) is 6.08. The van der Waals surface area contributed by atoms with Gasteiger partial charge in [0.1, 0.15) is 0 Å². The lowest BCUT2D eigenvalue weighted by Crippen LogP contribution is -2.42. The highest BCUT2D eigenvalue weighted by molar-refractivity contribution is 5.67. The van der Waals surface area contributed by atoms with Crippen LogP contribution in [0.3, 0.4) is 0 Å². The predicted molar refractivity (Wildman–Crippen MR) is 72.6 cm³/mol. The highest BCUT2D eigenvalue weighted by Crippen LogP contribution is 2.52. The number of aliphatic carboxylic acids is 1. The molecule has 0 aromatic carbocycles. The molecule has 0 bridgehead atoms. The lowest BCUT2D eigenvalue weighted by Gasteiger charge is -2.50. The van der Waals surface area contributed by atoms with Crippen molar-refractivity contribution in [3.63, 3.8) is 0 Å². The number of hydrogen-bond acceptors (Lipinski definition) is 2. The van der Waals surface area contributed by atoms with Gasteiger partial charge in [-0.05, 0) is 81.0 Å². The monoisotopic (exact) mass is 266 g/mol. The molecule has 3 rings (SSSR count). The number of carboxylic acids is 1.